The van der Waals surface area contributed by atoms with Crippen molar-refractivity contribution in [1.29, 1.82) is 5.26 Å². The molecule has 62 valence electrons. The maximum atomic E-state index is 11.4. The molecule has 12 heavy (non-hydrogen) atoms. The Morgan fingerprint density at radius 1 is 1.75 bits per heavy atom. The number of likely N-dealkylation sites (N-methyl/N-ethyl adjacent to an activating group) is 1. The zero-order chi connectivity index (χ0) is 8.72. The van der Waals surface area contributed by atoms with Gasteiger partial charge in [0.15, 0.2) is 5.78 Å². The summed E-state index contributed by atoms with van der Waals surface area (Å²) in [4.78, 5) is 13.3. The van der Waals surface area contributed by atoms with Crippen molar-refractivity contribution >= 4 is 5.78 Å². The highest BCUT2D eigenvalue weighted by molar-refractivity contribution is 5.96. The largest absolute Gasteiger partial charge is 0.293 e. The van der Waals surface area contributed by atoms with Crippen molar-refractivity contribution in [2.45, 2.75) is 18.5 Å². The van der Waals surface area contributed by atoms with E-state index in [0.29, 0.717) is 6.04 Å². The summed E-state index contributed by atoms with van der Waals surface area (Å²) in [6, 6.07) is 2.32. The zero-order valence-electron chi connectivity index (χ0n) is 6.90. The van der Waals surface area contributed by atoms with E-state index in [2.05, 4.69) is 6.07 Å². The molecule has 0 saturated carbocycles. The van der Waals surface area contributed by atoms with E-state index in [9.17, 15) is 4.79 Å². The van der Waals surface area contributed by atoms with E-state index < -0.39 is 0 Å². The van der Waals surface area contributed by atoms with Gasteiger partial charge in [0.2, 0.25) is 0 Å². The van der Waals surface area contributed by atoms with Gasteiger partial charge in [-0.25, -0.2) is 0 Å². The van der Waals surface area contributed by atoms with Crippen LogP contribution in [-0.4, -0.2) is 29.8 Å². The van der Waals surface area contributed by atoms with E-state index in [1.165, 1.54) is 0 Å². The smallest absolute Gasteiger partial charge is 0.173 e. The van der Waals surface area contributed by atoms with Gasteiger partial charge < -0.3 is 0 Å². The highest BCUT2D eigenvalue weighted by atomic mass is 16.1. The third-order valence-corrected chi connectivity index (χ3v) is 2.78. The summed E-state index contributed by atoms with van der Waals surface area (Å²) in [5.41, 5.74) is 0. The molecule has 3 atom stereocenters. The van der Waals surface area contributed by atoms with Gasteiger partial charge in [-0.15, -0.1) is 0 Å². The van der Waals surface area contributed by atoms with Crippen molar-refractivity contribution in [2.75, 3.05) is 7.05 Å². The summed E-state index contributed by atoms with van der Waals surface area (Å²) in [7, 11) is 1.91. The third-order valence-electron chi connectivity index (χ3n) is 2.78. The molecule has 0 amide bonds. The molecule has 1 fully saturated rings. The van der Waals surface area contributed by atoms with Crippen LogP contribution in [0.3, 0.4) is 0 Å². The van der Waals surface area contributed by atoms with Crippen molar-refractivity contribution in [3.05, 3.63) is 12.2 Å². The van der Waals surface area contributed by atoms with Crippen molar-refractivity contribution in [3.63, 3.8) is 0 Å². The number of nitriles is 1. The summed E-state index contributed by atoms with van der Waals surface area (Å²) in [5, 5.41) is 8.79. The van der Waals surface area contributed by atoms with Crippen LogP contribution in [-0.2, 0) is 4.79 Å². The fourth-order valence-corrected chi connectivity index (χ4v) is 2.09. The Labute approximate surface area is 71.3 Å². The first-order valence-corrected chi connectivity index (χ1v) is 4.07. The van der Waals surface area contributed by atoms with E-state index in [-0.39, 0.29) is 17.7 Å². The monoisotopic (exact) mass is 162 g/mol. The number of fused-ring (bicyclic) bond motifs is 2. The second kappa shape index (κ2) is 2.43. The molecule has 2 aliphatic heterocycles. The quantitative estimate of drug-likeness (QED) is 0.516. The minimum absolute atomic E-state index is 0.0813. The molecule has 2 rings (SSSR count). The lowest BCUT2D eigenvalue weighted by Crippen LogP contribution is -2.41. The highest BCUT2D eigenvalue weighted by Crippen LogP contribution is 2.32. The van der Waals surface area contributed by atoms with Crippen LogP contribution >= 0.6 is 0 Å². The van der Waals surface area contributed by atoms with E-state index in [0.717, 1.165) is 6.42 Å². The molecule has 3 heteroatoms. The molecular formula is C9H10N2O. The van der Waals surface area contributed by atoms with E-state index in [1.807, 2.05) is 18.0 Å². The molecule has 2 heterocycles. The van der Waals surface area contributed by atoms with Gasteiger partial charge in [0, 0.05) is 6.04 Å². The molecule has 3 nitrogen and oxygen atoms in total. The topological polar surface area (TPSA) is 44.1 Å². The SMILES string of the molecule is CN1[C@@H]2C(=O)C=C[C@H]1C[C@@H]2C#N. The first kappa shape index (κ1) is 7.51. The maximum Gasteiger partial charge on any atom is 0.173 e. The zero-order valence-corrected chi connectivity index (χ0v) is 6.90. The van der Waals surface area contributed by atoms with Crippen LogP contribution in [0.2, 0.25) is 0 Å². The molecule has 0 radical (unpaired) electrons. The molecule has 0 N–H and O–H groups in total. The third kappa shape index (κ3) is 0.819. The van der Waals surface area contributed by atoms with E-state index >= 15 is 0 Å². The lowest BCUT2D eigenvalue weighted by molar-refractivity contribution is -0.119. The number of carbonyl (C=O) groups is 1. The number of hydrogen-bond acceptors (Lipinski definition) is 3. The molecule has 2 aliphatic rings. The lowest BCUT2D eigenvalue weighted by Gasteiger charge is -2.25. The maximum absolute atomic E-state index is 11.4. The number of ketones is 1. The Morgan fingerprint density at radius 2 is 2.50 bits per heavy atom. The van der Waals surface area contributed by atoms with Crippen LogP contribution in [0.1, 0.15) is 6.42 Å². The number of carbonyl (C=O) groups excluding carboxylic acids is 1. The van der Waals surface area contributed by atoms with E-state index in [1.54, 1.807) is 6.08 Å². The second-order valence-corrected chi connectivity index (χ2v) is 3.41. The van der Waals surface area contributed by atoms with Crippen LogP contribution in [0.15, 0.2) is 12.2 Å². The molecule has 2 bridgehead atoms. The Balaban J connectivity index is 2.36. The molecular weight excluding hydrogens is 152 g/mol. The van der Waals surface area contributed by atoms with Gasteiger partial charge in [-0.2, -0.15) is 5.26 Å². The highest BCUT2D eigenvalue weighted by Gasteiger charge is 2.43. The van der Waals surface area contributed by atoms with Crippen molar-refractivity contribution < 1.29 is 4.79 Å². The minimum Gasteiger partial charge on any atom is -0.293 e. The Kier molecular flexibility index (Phi) is 1.52. The van der Waals surface area contributed by atoms with E-state index in [4.69, 9.17) is 5.26 Å². The first-order valence-electron chi connectivity index (χ1n) is 4.07. The molecule has 1 saturated heterocycles. The van der Waals surface area contributed by atoms with Gasteiger partial charge in [0.25, 0.3) is 0 Å². The number of nitrogens with zero attached hydrogens (tertiary/aromatic N) is 2. The number of rotatable bonds is 0. The number of hydrogen-bond donors (Lipinski definition) is 0. The van der Waals surface area contributed by atoms with Gasteiger partial charge in [-0.1, -0.05) is 6.08 Å². The average Bonchev–Trinajstić information content (AvgIpc) is 2.26. The van der Waals surface area contributed by atoms with Crippen LogP contribution in [0.25, 0.3) is 0 Å². The van der Waals surface area contributed by atoms with Crippen molar-refractivity contribution in [1.82, 2.24) is 4.90 Å². The molecule has 0 aliphatic carbocycles. The molecule has 0 aromatic rings. The predicted octanol–water partition coefficient (Wildman–Crippen LogP) is 0.338. The summed E-state index contributed by atoms with van der Waals surface area (Å²) in [6.07, 6.45) is 4.32. The molecule has 0 aromatic heterocycles. The van der Waals surface area contributed by atoms with Gasteiger partial charge in [-0.05, 0) is 19.5 Å². The summed E-state index contributed by atoms with van der Waals surface area (Å²) >= 11 is 0. The van der Waals surface area contributed by atoms with Gasteiger partial charge in [-0.3, -0.25) is 9.69 Å². The average molecular weight is 162 g/mol. The van der Waals surface area contributed by atoms with Crippen LogP contribution in [0.5, 0.6) is 0 Å². The lowest BCUT2D eigenvalue weighted by atomic mass is 9.99. The van der Waals surface area contributed by atoms with Crippen molar-refractivity contribution in [2.24, 2.45) is 5.92 Å². The first-order chi connectivity index (χ1) is 5.74. The summed E-state index contributed by atoms with van der Waals surface area (Å²) < 4.78 is 0. The minimum atomic E-state index is -0.176. The Hall–Kier alpha value is -1.14. The summed E-state index contributed by atoms with van der Waals surface area (Å²) in [6.45, 7) is 0. The van der Waals surface area contributed by atoms with Crippen LogP contribution in [0.4, 0.5) is 0 Å². The Bertz CT molecular complexity index is 289. The standard InChI is InChI=1S/C9H10N2O/c1-11-7-2-3-8(12)9(11)6(4-7)5-10/h2-3,6-7,9H,4H2,1H3/t6-,7+,9+/m1/s1. The molecule has 0 spiro atoms. The fraction of sp³-hybridized carbons (Fsp3) is 0.556. The Morgan fingerprint density at radius 3 is 3.17 bits per heavy atom. The predicted molar refractivity (Wildman–Crippen MR) is 43.2 cm³/mol. The second-order valence-electron chi connectivity index (χ2n) is 3.41. The summed E-state index contributed by atoms with van der Waals surface area (Å²) in [5.74, 6) is -0.0275. The molecule has 0 unspecified atom stereocenters. The van der Waals surface area contributed by atoms with Crippen LogP contribution in [0, 0.1) is 17.2 Å². The van der Waals surface area contributed by atoms with Crippen molar-refractivity contribution in [3.8, 4) is 6.07 Å². The van der Waals surface area contributed by atoms with Gasteiger partial charge >= 0.3 is 0 Å². The van der Waals surface area contributed by atoms with Gasteiger partial charge in [0.05, 0.1) is 18.0 Å². The normalized spacial score (nSPS) is 40.0. The fourth-order valence-electron chi connectivity index (χ4n) is 2.09. The molecule has 0 aromatic carbocycles. The van der Waals surface area contributed by atoms with Gasteiger partial charge in [0.1, 0.15) is 0 Å². The van der Waals surface area contributed by atoms with Crippen LogP contribution < -0.4 is 0 Å².